The SMILES string of the molecule is O=CNCCCOCCOCCOCCCNC(=O)CCC(=O)O. The predicted molar refractivity (Wildman–Crippen MR) is 85.6 cm³/mol. The molecule has 0 aliphatic heterocycles. The lowest BCUT2D eigenvalue weighted by Gasteiger charge is -2.07. The van der Waals surface area contributed by atoms with Crippen LogP contribution in [0.5, 0.6) is 0 Å². The first-order valence-corrected chi connectivity index (χ1v) is 8.05. The van der Waals surface area contributed by atoms with Crippen LogP contribution in [-0.2, 0) is 28.6 Å². The summed E-state index contributed by atoms with van der Waals surface area (Å²) < 4.78 is 15.9. The standard InChI is InChI=1S/C15H28N2O7/c18-13-16-5-1-7-22-9-11-24-12-10-23-8-2-6-17-14(19)3-4-15(20)21/h13H,1-12H2,(H,16,18)(H,17,19)(H,20,21). The molecule has 2 amide bonds. The molecular formula is C15H28N2O7. The van der Waals surface area contributed by atoms with Crippen LogP contribution in [0, 0.1) is 0 Å². The topological polar surface area (TPSA) is 123 Å². The van der Waals surface area contributed by atoms with Gasteiger partial charge in [-0.15, -0.1) is 0 Å². The Bertz CT molecular complexity index is 340. The number of carbonyl (C=O) groups excluding carboxylic acids is 2. The third kappa shape index (κ3) is 18.3. The zero-order chi connectivity index (χ0) is 17.9. The van der Waals surface area contributed by atoms with Crippen LogP contribution >= 0.6 is 0 Å². The smallest absolute Gasteiger partial charge is 0.303 e. The normalized spacial score (nSPS) is 10.3. The molecule has 0 unspecified atom stereocenters. The van der Waals surface area contributed by atoms with Gasteiger partial charge in [-0.1, -0.05) is 0 Å². The van der Waals surface area contributed by atoms with Crippen LogP contribution in [0.25, 0.3) is 0 Å². The summed E-state index contributed by atoms with van der Waals surface area (Å²) in [6.07, 6.45) is 1.95. The van der Waals surface area contributed by atoms with Crippen LogP contribution in [-0.4, -0.2) is 76.1 Å². The molecule has 24 heavy (non-hydrogen) atoms. The minimum Gasteiger partial charge on any atom is -0.481 e. The van der Waals surface area contributed by atoms with Crippen molar-refractivity contribution in [3.8, 4) is 0 Å². The Morgan fingerprint density at radius 1 is 0.833 bits per heavy atom. The van der Waals surface area contributed by atoms with E-state index in [0.717, 1.165) is 6.42 Å². The van der Waals surface area contributed by atoms with Crippen LogP contribution in [0.1, 0.15) is 25.7 Å². The van der Waals surface area contributed by atoms with Crippen LogP contribution < -0.4 is 10.6 Å². The van der Waals surface area contributed by atoms with E-state index < -0.39 is 5.97 Å². The molecule has 3 N–H and O–H groups in total. The van der Waals surface area contributed by atoms with E-state index >= 15 is 0 Å². The number of carboxylic acid groups (broad SMARTS) is 1. The lowest BCUT2D eigenvalue weighted by molar-refractivity contribution is -0.138. The van der Waals surface area contributed by atoms with E-state index in [9.17, 15) is 14.4 Å². The maximum absolute atomic E-state index is 11.2. The maximum Gasteiger partial charge on any atom is 0.303 e. The highest BCUT2D eigenvalue weighted by molar-refractivity contribution is 5.80. The number of hydrogen-bond donors (Lipinski definition) is 3. The average molecular weight is 348 g/mol. The van der Waals surface area contributed by atoms with Crippen molar-refractivity contribution in [3.05, 3.63) is 0 Å². The van der Waals surface area contributed by atoms with E-state index in [0.29, 0.717) is 65.6 Å². The second-order valence-corrected chi connectivity index (χ2v) is 4.86. The van der Waals surface area contributed by atoms with E-state index in [1.54, 1.807) is 0 Å². The van der Waals surface area contributed by atoms with Crippen molar-refractivity contribution in [1.82, 2.24) is 10.6 Å². The number of carbonyl (C=O) groups is 3. The molecule has 0 atom stereocenters. The maximum atomic E-state index is 11.2. The van der Waals surface area contributed by atoms with E-state index in [-0.39, 0.29) is 18.7 Å². The molecule has 9 heteroatoms. The molecule has 0 aromatic carbocycles. The summed E-state index contributed by atoms with van der Waals surface area (Å²) in [5.41, 5.74) is 0. The second-order valence-electron chi connectivity index (χ2n) is 4.86. The molecule has 0 saturated carbocycles. The summed E-state index contributed by atoms with van der Waals surface area (Å²) in [4.78, 5) is 31.5. The molecule has 0 saturated heterocycles. The van der Waals surface area contributed by atoms with Gasteiger partial charge in [0.15, 0.2) is 0 Å². The second kappa shape index (κ2) is 17.6. The molecule has 0 fully saturated rings. The van der Waals surface area contributed by atoms with E-state index in [1.165, 1.54) is 0 Å². The van der Waals surface area contributed by atoms with Crippen molar-refractivity contribution in [2.75, 3.05) is 52.7 Å². The minimum absolute atomic E-state index is 0.000297. The number of carboxylic acids is 1. The first-order chi connectivity index (χ1) is 11.7. The highest BCUT2D eigenvalue weighted by Gasteiger charge is 2.03. The quantitative estimate of drug-likeness (QED) is 0.226. The fourth-order valence-electron chi connectivity index (χ4n) is 1.59. The Morgan fingerprint density at radius 2 is 1.38 bits per heavy atom. The average Bonchev–Trinajstić information content (AvgIpc) is 2.56. The zero-order valence-corrected chi connectivity index (χ0v) is 14.0. The summed E-state index contributed by atoms with van der Waals surface area (Å²) in [5.74, 6) is -1.24. The van der Waals surface area contributed by atoms with E-state index in [1.807, 2.05) is 0 Å². The lowest BCUT2D eigenvalue weighted by atomic mass is 10.3. The van der Waals surface area contributed by atoms with Gasteiger partial charge in [0.25, 0.3) is 0 Å². The molecule has 0 spiro atoms. The molecule has 140 valence electrons. The number of ether oxygens (including phenoxy) is 3. The van der Waals surface area contributed by atoms with Crippen molar-refractivity contribution >= 4 is 18.3 Å². The van der Waals surface area contributed by atoms with Crippen molar-refractivity contribution in [2.45, 2.75) is 25.7 Å². The Labute approximate surface area is 142 Å². The van der Waals surface area contributed by atoms with Gasteiger partial charge in [-0.3, -0.25) is 14.4 Å². The first-order valence-electron chi connectivity index (χ1n) is 8.05. The first kappa shape index (κ1) is 22.3. The molecule has 0 heterocycles. The highest BCUT2D eigenvalue weighted by Crippen LogP contribution is 1.89. The Hall–Kier alpha value is -1.71. The predicted octanol–water partition coefficient (Wildman–Crippen LogP) is -0.457. The number of aliphatic carboxylic acids is 1. The summed E-state index contributed by atoms with van der Waals surface area (Å²) in [7, 11) is 0. The van der Waals surface area contributed by atoms with Gasteiger partial charge in [-0.05, 0) is 12.8 Å². The highest BCUT2D eigenvalue weighted by atomic mass is 16.5. The number of amides is 2. The zero-order valence-electron chi connectivity index (χ0n) is 14.0. The Morgan fingerprint density at radius 3 is 1.92 bits per heavy atom. The van der Waals surface area contributed by atoms with Gasteiger partial charge in [0.1, 0.15) is 0 Å². The molecule has 0 rings (SSSR count). The van der Waals surface area contributed by atoms with Crippen molar-refractivity contribution in [1.29, 1.82) is 0 Å². The largest absolute Gasteiger partial charge is 0.481 e. The molecule has 0 aromatic heterocycles. The fourth-order valence-corrected chi connectivity index (χ4v) is 1.59. The lowest BCUT2D eigenvalue weighted by Crippen LogP contribution is -2.25. The van der Waals surface area contributed by atoms with Crippen LogP contribution in [0.4, 0.5) is 0 Å². The summed E-state index contributed by atoms with van der Waals surface area (Å²) in [6.45, 7) is 4.09. The number of nitrogens with one attached hydrogen (secondary N) is 2. The molecule has 0 aromatic rings. The third-order valence-corrected chi connectivity index (χ3v) is 2.79. The van der Waals surface area contributed by atoms with Crippen molar-refractivity contribution in [3.63, 3.8) is 0 Å². The van der Waals surface area contributed by atoms with Gasteiger partial charge in [-0.2, -0.15) is 0 Å². The molecule has 0 aliphatic rings. The van der Waals surface area contributed by atoms with Gasteiger partial charge >= 0.3 is 5.97 Å². The van der Waals surface area contributed by atoms with Gasteiger partial charge in [-0.25, -0.2) is 0 Å². The van der Waals surface area contributed by atoms with Crippen LogP contribution in [0.15, 0.2) is 0 Å². The van der Waals surface area contributed by atoms with Crippen molar-refractivity contribution in [2.24, 2.45) is 0 Å². The van der Waals surface area contributed by atoms with Gasteiger partial charge in [0, 0.05) is 32.7 Å². The Kier molecular flexibility index (Phi) is 16.4. The van der Waals surface area contributed by atoms with Gasteiger partial charge in [0.2, 0.25) is 12.3 Å². The van der Waals surface area contributed by atoms with E-state index in [2.05, 4.69) is 10.6 Å². The summed E-state index contributed by atoms with van der Waals surface area (Å²) >= 11 is 0. The van der Waals surface area contributed by atoms with E-state index in [4.69, 9.17) is 19.3 Å². The molecule has 0 aliphatic carbocycles. The number of hydrogen-bond acceptors (Lipinski definition) is 6. The Balaban J connectivity index is 3.11. The third-order valence-electron chi connectivity index (χ3n) is 2.79. The molecular weight excluding hydrogens is 320 g/mol. The monoisotopic (exact) mass is 348 g/mol. The van der Waals surface area contributed by atoms with Gasteiger partial charge in [0.05, 0.1) is 32.8 Å². The fraction of sp³-hybridized carbons (Fsp3) is 0.800. The summed E-state index contributed by atoms with van der Waals surface area (Å²) in [5, 5.41) is 13.6. The van der Waals surface area contributed by atoms with Crippen LogP contribution in [0.2, 0.25) is 0 Å². The molecule has 0 radical (unpaired) electrons. The van der Waals surface area contributed by atoms with Crippen molar-refractivity contribution < 1.29 is 33.7 Å². The summed E-state index contributed by atoms with van der Waals surface area (Å²) in [6, 6.07) is 0. The molecule has 9 nitrogen and oxygen atoms in total. The minimum atomic E-state index is -0.978. The molecule has 0 bridgehead atoms. The van der Waals surface area contributed by atoms with Crippen LogP contribution in [0.3, 0.4) is 0 Å². The number of rotatable bonds is 18. The van der Waals surface area contributed by atoms with Gasteiger partial charge < -0.3 is 30.0 Å².